The summed E-state index contributed by atoms with van der Waals surface area (Å²) in [6.07, 6.45) is -8.79. The van der Waals surface area contributed by atoms with Gasteiger partial charge in [-0.3, -0.25) is 0 Å². The molecule has 92 valence electrons. The predicted molar refractivity (Wildman–Crippen MR) is 40.6 cm³/mol. The topological polar surface area (TPSA) is 45.9 Å². The highest BCUT2D eigenvalue weighted by Gasteiger charge is 2.35. The van der Waals surface area contributed by atoms with Crippen LogP contribution in [0.25, 0.3) is 0 Å². The number of ether oxygens (including phenoxy) is 1. The summed E-state index contributed by atoms with van der Waals surface area (Å²) < 4.78 is 76.2. The molecule has 1 heterocycles. The van der Waals surface area contributed by atoms with E-state index in [1.807, 2.05) is 0 Å². The fourth-order valence-electron chi connectivity index (χ4n) is 0.975. The quantitative estimate of drug-likeness (QED) is 0.603. The Kier molecular flexibility index (Phi) is 3.45. The fraction of sp³-hybridized carbons (Fsp3) is 0.250. The molecular weight excluding hydrogens is 254 g/mol. The lowest BCUT2D eigenvalue weighted by atomic mass is 10.2. The van der Waals surface area contributed by atoms with Crippen molar-refractivity contribution in [2.45, 2.75) is 12.8 Å². The van der Waals surface area contributed by atoms with E-state index in [0.717, 1.165) is 6.07 Å². The van der Waals surface area contributed by atoms with Gasteiger partial charge in [-0.05, 0) is 0 Å². The molecule has 17 heavy (non-hydrogen) atoms. The van der Waals surface area contributed by atoms with Crippen LogP contribution in [-0.4, -0.2) is 11.3 Å². The molecule has 0 spiro atoms. The van der Waals surface area contributed by atoms with Crippen LogP contribution in [0.15, 0.2) is 6.07 Å². The van der Waals surface area contributed by atoms with Crippen LogP contribution in [-0.2, 0) is 0 Å². The highest BCUT2D eigenvalue weighted by Crippen LogP contribution is 2.34. The second kappa shape index (κ2) is 4.48. The van der Waals surface area contributed by atoms with E-state index in [4.69, 9.17) is 5.26 Å². The van der Waals surface area contributed by atoms with Crippen molar-refractivity contribution in [1.82, 2.24) is 4.98 Å². The number of nitrogens with zero attached hydrogens (tertiary/aromatic N) is 2. The summed E-state index contributed by atoms with van der Waals surface area (Å²) in [7, 11) is 0. The molecule has 0 bridgehead atoms. The molecule has 0 radical (unpaired) electrons. The van der Waals surface area contributed by atoms with E-state index < -0.39 is 35.7 Å². The second-order valence-corrected chi connectivity index (χ2v) is 2.67. The monoisotopic (exact) mass is 256 g/mol. The van der Waals surface area contributed by atoms with E-state index in [1.165, 1.54) is 0 Å². The standard InChI is InChI=1S/C8H2F6N2O/c9-4-1-3(2-15)6(17-8(12,13)14)5(16-4)7(10)11/h1,7H. The zero-order chi connectivity index (χ0) is 13.2. The number of rotatable bonds is 2. The normalized spacial score (nSPS) is 11.4. The largest absolute Gasteiger partial charge is 0.573 e. The van der Waals surface area contributed by atoms with Gasteiger partial charge in [0.2, 0.25) is 5.95 Å². The van der Waals surface area contributed by atoms with Crippen molar-refractivity contribution in [3.05, 3.63) is 23.3 Å². The highest BCUT2D eigenvalue weighted by atomic mass is 19.4. The van der Waals surface area contributed by atoms with E-state index in [-0.39, 0.29) is 6.07 Å². The van der Waals surface area contributed by atoms with Crippen molar-refractivity contribution < 1.29 is 31.1 Å². The molecule has 0 saturated heterocycles. The van der Waals surface area contributed by atoms with Crippen LogP contribution in [0.2, 0.25) is 0 Å². The summed E-state index contributed by atoms with van der Waals surface area (Å²) >= 11 is 0. The molecule has 0 unspecified atom stereocenters. The first-order valence-corrected chi connectivity index (χ1v) is 3.89. The van der Waals surface area contributed by atoms with Crippen LogP contribution in [0.4, 0.5) is 26.3 Å². The SMILES string of the molecule is N#Cc1cc(F)nc(C(F)F)c1OC(F)(F)F. The molecule has 0 fully saturated rings. The molecule has 1 rings (SSSR count). The van der Waals surface area contributed by atoms with Crippen molar-refractivity contribution in [1.29, 1.82) is 5.26 Å². The number of pyridine rings is 1. The summed E-state index contributed by atoms with van der Waals surface area (Å²) in [4.78, 5) is 2.57. The molecule has 0 aliphatic heterocycles. The predicted octanol–water partition coefficient (Wildman–Crippen LogP) is 2.93. The minimum absolute atomic E-state index is 0.271. The third-order valence-corrected chi connectivity index (χ3v) is 1.51. The van der Waals surface area contributed by atoms with Crippen LogP contribution in [0.5, 0.6) is 5.75 Å². The average Bonchev–Trinajstić information content (AvgIpc) is 2.17. The lowest BCUT2D eigenvalue weighted by molar-refractivity contribution is -0.275. The molecule has 0 N–H and O–H groups in total. The van der Waals surface area contributed by atoms with E-state index in [1.54, 1.807) is 0 Å². The summed E-state index contributed by atoms with van der Waals surface area (Å²) in [6.45, 7) is 0. The number of alkyl halides is 5. The molecule has 0 aromatic carbocycles. The van der Waals surface area contributed by atoms with E-state index >= 15 is 0 Å². The van der Waals surface area contributed by atoms with Crippen molar-refractivity contribution in [3.8, 4) is 11.8 Å². The number of hydrogen-bond donors (Lipinski definition) is 0. The first-order valence-electron chi connectivity index (χ1n) is 3.89. The van der Waals surface area contributed by atoms with Crippen molar-refractivity contribution in [2.24, 2.45) is 0 Å². The maximum atomic E-state index is 12.7. The molecular formula is C8H2F6N2O. The second-order valence-electron chi connectivity index (χ2n) is 2.67. The molecule has 0 aliphatic carbocycles. The summed E-state index contributed by atoms with van der Waals surface area (Å²) in [5, 5.41) is 8.41. The van der Waals surface area contributed by atoms with Crippen molar-refractivity contribution in [3.63, 3.8) is 0 Å². The number of aromatic nitrogens is 1. The Hall–Kier alpha value is -1.98. The first-order chi connectivity index (χ1) is 7.74. The lowest BCUT2D eigenvalue weighted by Gasteiger charge is -2.13. The maximum Gasteiger partial charge on any atom is 0.573 e. The van der Waals surface area contributed by atoms with Gasteiger partial charge in [0, 0.05) is 6.07 Å². The molecule has 0 atom stereocenters. The molecule has 0 amide bonds. The van der Waals surface area contributed by atoms with Gasteiger partial charge in [-0.15, -0.1) is 13.2 Å². The molecule has 1 aromatic heterocycles. The Labute approximate surface area is 90.2 Å². The van der Waals surface area contributed by atoms with Gasteiger partial charge in [0.05, 0.1) is 0 Å². The zero-order valence-corrected chi connectivity index (χ0v) is 7.73. The van der Waals surface area contributed by atoms with Gasteiger partial charge in [0.1, 0.15) is 11.6 Å². The van der Waals surface area contributed by atoms with Gasteiger partial charge >= 0.3 is 6.36 Å². The summed E-state index contributed by atoms with van der Waals surface area (Å²) in [6, 6.07) is 1.39. The van der Waals surface area contributed by atoms with Crippen molar-refractivity contribution in [2.75, 3.05) is 0 Å². The van der Waals surface area contributed by atoms with Gasteiger partial charge in [-0.2, -0.15) is 9.65 Å². The number of hydrogen-bond acceptors (Lipinski definition) is 3. The smallest absolute Gasteiger partial charge is 0.402 e. The minimum atomic E-state index is -5.28. The zero-order valence-electron chi connectivity index (χ0n) is 7.73. The number of nitriles is 1. The molecule has 3 nitrogen and oxygen atoms in total. The Balaban J connectivity index is 3.38. The van der Waals surface area contributed by atoms with Crippen LogP contribution in [0.1, 0.15) is 17.7 Å². The van der Waals surface area contributed by atoms with Gasteiger partial charge in [-0.25, -0.2) is 13.8 Å². The minimum Gasteiger partial charge on any atom is -0.402 e. The Morgan fingerprint density at radius 3 is 2.35 bits per heavy atom. The third-order valence-electron chi connectivity index (χ3n) is 1.51. The van der Waals surface area contributed by atoms with Gasteiger partial charge < -0.3 is 4.74 Å². The van der Waals surface area contributed by atoms with Gasteiger partial charge in [0.15, 0.2) is 11.4 Å². The molecule has 0 aliphatic rings. The first kappa shape index (κ1) is 13.1. The van der Waals surface area contributed by atoms with E-state index in [0.29, 0.717) is 0 Å². The van der Waals surface area contributed by atoms with Crippen LogP contribution < -0.4 is 4.74 Å². The fourth-order valence-corrected chi connectivity index (χ4v) is 0.975. The average molecular weight is 256 g/mol. The summed E-state index contributed by atoms with van der Waals surface area (Å²) in [5.74, 6) is -2.98. The van der Waals surface area contributed by atoms with Gasteiger partial charge in [-0.1, -0.05) is 0 Å². The lowest BCUT2D eigenvalue weighted by Crippen LogP contribution is -2.20. The van der Waals surface area contributed by atoms with Crippen molar-refractivity contribution >= 4 is 0 Å². The third kappa shape index (κ3) is 3.24. The van der Waals surface area contributed by atoms with E-state index in [9.17, 15) is 26.3 Å². The Morgan fingerprint density at radius 2 is 1.94 bits per heavy atom. The van der Waals surface area contributed by atoms with Gasteiger partial charge in [0.25, 0.3) is 6.43 Å². The van der Waals surface area contributed by atoms with Crippen LogP contribution in [0, 0.1) is 17.3 Å². The van der Waals surface area contributed by atoms with E-state index in [2.05, 4.69) is 9.72 Å². The highest BCUT2D eigenvalue weighted by molar-refractivity contribution is 5.46. The molecule has 0 saturated carbocycles. The Bertz CT molecular complexity index is 464. The number of halogens is 6. The summed E-state index contributed by atoms with van der Waals surface area (Å²) in [5.41, 5.74) is -2.58. The molecule has 9 heteroatoms. The van der Waals surface area contributed by atoms with Crippen LogP contribution >= 0.6 is 0 Å². The maximum absolute atomic E-state index is 12.7. The van der Waals surface area contributed by atoms with Crippen LogP contribution in [0.3, 0.4) is 0 Å². The Morgan fingerprint density at radius 1 is 1.35 bits per heavy atom. The molecule has 1 aromatic rings.